The highest BCUT2D eigenvalue weighted by Gasteiger charge is 2.13. The second kappa shape index (κ2) is 6.93. The predicted molar refractivity (Wildman–Crippen MR) is 83.3 cm³/mol. The molecule has 4 nitrogen and oxygen atoms in total. The Morgan fingerprint density at radius 2 is 1.95 bits per heavy atom. The number of anilines is 1. The number of nitrogens with one attached hydrogen (secondary N) is 1. The minimum absolute atomic E-state index is 0.152. The van der Waals surface area contributed by atoms with Crippen LogP contribution < -0.4 is 14.8 Å². The molecule has 1 N–H and O–H groups in total. The summed E-state index contributed by atoms with van der Waals surface area (Å²) in [6, 6.07) is 9.37. The molecule has 0 radical (unpaired) electrons. The van der Waals surface area contributed by atoms with Gasteiger partial charge in [0.1, 0.15) is 5.82 Å². The summed E-state index contributed by atoms with van der Waals surface area (Å²) in [6.45, 7) is 4.12. The van der Waals surface area contributed by atoms with Crippen LogP contribution in [0, 0.1) is 12.7 Å². The molecule has 0 aliphatic rings. The number of halogens is 1. The molecular formula is C17H18FNO3. The number of carbonyl (C=O) groups is 1. The average molecular weight is 303 g/mol. The standard InChI is InChI=1S/C17H18FNO3/c1-4-22-16-10-12(6-8-15(16)21-3)17(20)19-14-9-11(2)5-7-13(14)18/h5-10H,4H2,1-3H3,(H,19,20). The van der Waals surface area contributed by atoms with Crippen LogP contribution in [0.5, 0.6) is 11.5 Å². The van der Waals surface area contributed by atoms with Gasteiger partial charge in [0.25, 0.3) is 5.91 Å². The zero-order valence-corrected chi connectivity index (χ0v) is 12.8. The molecule has 2 rings (SSSR count). The normalized spacial score (nSPS) is 10.2. The summed E-state index contributed by atoms with van der Waals surface area (Å²) in [5.41, 5.74) is 1.38. The number of methoxy groups -OCH3 is 1. The molecule has 0 heterocycles. The first kappa shape index (κ1) is 15.8. The second-order valence-electron chi connectivity index (χ2n) is 4.74. The summed E-state index contributed by atoms with van der Waals surface area (Å²) >= 11 is 0. The summed E-state index contributed by atoms with van der Waals surface area (Å²) in [6.07, 6.45) is 0. The Bertz CT molecular complexity index is 686. The highest BCUT2D eigenvalue weighted by Crippen LogP contribution is 2.28. The lowest BCUT2D eigenvalue weighted by Gasteiger charge is -2.12. The van der Waals surface area contributed by atoms with Crippen LogP contribution in [0.4, 0.5) is 10.1 Å². The zero-order chi connectivity index (χ0) is 16.1. The Balaban J connectivity index is 2.25. The van der Waals surface area contributed by atoms with Gasteiger partial charge >= 0.3 is 0 Å². The molecule has 2 aromatic rings. The van der Waals surface area contributed by atoms with Crippen molar-refractivity contribution in [2.45, 2.75) is 13.8 Å². The second-order valence-corrected chi connectivity index (χ2v) is 4.74. The van der Waals surface area contributed by atoms with Gasteiger partial charge in [-0.1, -0.05) is 6.07 Å². The maximum atomic E-state index is 13.7. The fourth-order valence-electron chi connectivity index (χ4n) is 2.02. The quantitative estimate of drug-likeness (QED) is 0.914. The van der Waals surface area contributed by atoms with E-state index in [2.05, 4.69) is 5.32 Å². The molecule has 0 aliphatic carbocycles. The molecule has 0 fully saturated rings. The zero-order valence-electron chi connectivity index (χ0n) is 12.8. The number of aryl methyl sites for hydroxylation is 1. The van der Waals surface area contributed by atoms with Crippen LogP contribution >= 0.6 is 0 Å². The fourth-order valence-corrected chi connectivity index (χ4v) is 2.02. The maximum Gasteiger partial charge on any atom is 0.255 e. The van der Waals surface area contributed by atoms with Crippen molar-refractivity contribution in [3.8, 4) is 11.5 Å². The van der Waals surface area contributed by atoms with Gasteiger partial charge < -0.3 is 14.8 Å². The van der Waals surface area contributed by atoms with E-state index in [1.165, 1.54) is 13.2 Å². The molecule has 0 aromatic heterocycles. The van der Waals surface area contributed by atoms with Crippen LogP contribution in [0.1, 0.15) is 22.8 Å². The number of carbonyl (C=O) groups excluding carboxylic acids is 1. The first-order valence-corrected chi connectivity index (χ1v) is 6.93. The third kappa shape index (κ3) is 3.55. The predicted octanol–water partition coefficient (Wildman–Crippen LogP) is 3.79. The van der Waals surface area contributed by atoms with Gasteiger partial charge in [0.05, 0.1) is 19.4 Å². The van der Waals surface area contributed by atoms with E-state index >= 15 is 0 Å². The van der Waals surface area contributed by atoms with Crippen molar-refractivity contribution in [1.82, 2.24) is 0 Å². The number of rotatable bonds is 5. The Morgan fingerprint density at radius 1 is 1.18 bits per heavy atom. The van der Waals surface area contributed by atoms with Crippen molar-refractivity contribution in [2.24, 2.45) is 0 Å². The number of amides is 1. The SMILES string of the molecule is CCOc1cc(C(=O)Nc2cc(C)ccc2F)ccc1OC. The lowest BCUT2D eigenvalue weighted by molar-refractivity contribution is 0.102. The van der Waals surface area contributed by atoms with Crippen molar-refractivity contribution in [3.63, 3.8) is 0 Å². The van der Waals surface area contributed by atoms with Crippen LogP contribution in [0.2, 0.25) is 0 Å². The lowest BCUT2D eigenvalue weighted by atomic mass is 10.1. The Kier molecular flexibility index (Phi) is 4.99. The monoisotopic (exact) mass is 303 g/mol. The van der Waals surface area contributed by atoms with E-state index in [0.29, 0.717) is 23.7 Å². The van der Waals surface area contributed by atoms with Crippen molar-refractivity contribution < 1.29 is 18.7 Å². The van der Waals surface area contributed by atoms with Gasteiger partial charge in [-0.2, -0.15) is 0 Å². The van der Waals surface area contributed by atoms with Crippen molar-refractivity contribution >= 4 is 11.6 Å². The van der Waals surface area contributed by atoms with Gasteiger partial charge in [0.15, 0.2) is 11.5 Å². The summed E-state index contributed by atoms with van der Waals surface area (Å²) in [4.78, 5) is 12.3. The van der Waals surface area contributed by atoms with E-state index < -0.39 is 11.7 Å². The van der Waals surface area contributed by atoms with Gasteiger partial charge in [-0.3, -0.25) is 4.79 Å². The van der Waals surface area contributed by atoms with E-state index in [1.54, 1.807) is 30.3 Å². The molecule has 5 heteroatoms. The fraction of sp³-hybridized carbons (Fsp3) is 0.235. The van der Waals surface area contributed by atoms with Crippen LogP contribution in [0.15, 0.2) is 36.4 Å². The smallest absolute Gasteiger partial charge is 0.255 e. The molecule has 116 valence electrons. The van der Waals surface area contributed by atoms with Crippen molar-refractivity contribution in [3.05, 3.63) is 53.3 Å². The van der Waals surface area contributed by atoms with Crippen molar-refractivity contribution in [1.29, 1.82) is 0 Å². The summed E-state index contributed by atoms with van der Waals surface area (Å²) in [5.74, 6) is 0.132. The van der Waals surface area contributed by atoms with Gasteiger partial charge in [-0.25, -0.2) is 4.39 Å². The first-order chi connectivity index (χ1) is 10.5. The van der Waals surface area contributed by atoms with Crippen LogP contribution in [-0.2, 0) is 0 Å². The Hall–Kier alpha value is -2.56. The molecule has 0 bridgehead atoms. The number of hydrogen-bond acceptors (Lipinski definition) is 3. The molecule has 2 aromatic carbocycles. The number of hydrogen-bond donors (Lipinski definition) is 1. The van der Waals surface area contributed by atoms with E-state index in [-0.39, 0.29) is 5.69 Å². The third-order valence-corrected chi connectivity index (χ3v) is 3.10. The van der Waals surface area contributed by atoms with Crippen molar-refractivity contribution in [2.75, 3.05) is 19.0 Å². The summed E-state index contributed by atoms with van der Waals surface area (Å²) in [7, 11) is 1.53. The molecule has 0 saturated heterocycles. The molecule has 0 spiro atoms. The Morgan fingerprint density at radius 3 is 2.64 bits per heavy atom. The van der Waals surface area contributed by atoms with Crippen LogP contribution in [0.3, 0.4) is 0 Å². The molecule has 0 unspecified atom stereocenters. The molecule has 0 atom stereocenters. The van der Waals surface area contributed by atoms with Gasteiger partial charge in [-0.05, 0) is 49.7 Å². The molecule has 0 saturated carbocycles. The minimum Gasteiger partial charge on any atom is -0.493 e. The maximum absolute atomic E-state index is 13.7. The molecular weight excluding hydrogens is 285 g/mol. The highest BCUT2D eigenvalue weighted by atomic mass is 19.1. The minimum atomic E-state index is -0.475. The third-order valence-electron chi connectivity index (χ3n) is 3.10. The lowest BCUT2D eigenvalue weighted by Crippen LogP contribution is -2.13. The van der Waals surface area contributed by atoms with E-state index in [4.69, 9.17) is 9.47 Å². The molecule has 1 amide bonds. The van der Waals surface area contributed by atoms with Gasteiger partial charge in [0, 0.05) is 5.56 Å². The number of benzene rings is 2. The summed E-state index contributed by atoms with van der Waals surface area (Å²) in [5, 5.41) is 2.56. The Labute approximate surface area is 128 Å². The topological polar surface area (TPSA) is 47.6 Å². The van der Waals surface area contributed by atoms with E-state index in [1.807, 2.05) is 13.8 Å². The summed E-state index contributed by atoms with van der Waals surface area (Å²) < 4.78 is 24.3. The largest absolute Gasteiger partial charge is 0.493 e. The van der Waals surface area contributed by atoms with E-state index in [0.717, 1.165) is 5.56 Å². The van der Waals surface area contributed by atoms with E-state index in [9.17, 15) is 9.18 Å². The number of ether oxygens (including phenoxy) is 2. The van der Waals surface area contributed by atoms with Gasteiger partial charge in [-0.15, -0.1) is 0 Å². The highest BCUT2D eigenvalue weighted by molar-refractivity contribution is 6.04. The average Bonchev–Trinajstić information content (AvgIpc) is 2.51. The molecule has 22 heavy (non-hydrogen) atoms. The molecule has 0 aliphatic heterocycles. The van der Waals surface area contributed by atoms with Crippen LogP contribution in [-0.4, -0.2) is 19.6 Å². The first-order valence-electron chi connectivity index (χ1n) is 6.93. The van der Waals surface area contributed by atoms with Crippen LogP contribution in [0.25, 0.3) is 0 Å². The van der Waals surface area contributed by atoms with Gasteiger partial charge in [0.2, 0.25) is 0 Å².